The number of carbonyl (C=O) groups excluding carboxylic acids is 1. The van der Waals surface area contributed by atoms with Crippen LogP contribution in [-0.4, -0.2) is 34.8 Å². The Balaban J connectivity index is 1.68. The first-order chi connectivity index (χ1) is 11.6. The maximum atomic E-state index is 13.4. The summed E-state index contributed by atoms with van der Waals surface area (Å²) in [5.41, 5.74) is 2.30. The zero-order valence-corrected chi connectivity index (χ0v) is 14.1. The van der Waals surface area contributed by atoms with Crippen molar-refractivity contribution < 1.29 is 9.18 Å². The van der Waals surface area contributed by atoms with Gasteiger partial charge >= 0.3 is 0 Å². The number of hydrogen-bond donors (Lipinski definition) is 1. The molecule has 1 atom stereocenters. The quantitative estimate of drug-likeness (QED) is 0.938. The van der Waals surface area contributed by atoms with E-state index in [4.69, 9.17) is 0 Å². The molecule has 1 aromatic carbocycles. The minimum Gasteiger partial charge on any atom is -0.369 e. The van der Waals surface area contributed by atoms with Crippen LogP contribution in [0.2, 0.25) is 0 Å². The van der Waals surface area contributed by atoms with E-state index in [2.05, 4.69) is 15.3 Å². The van der Waals surface area contributed by atoms with Gasteiger partial charge in [-0.2, -0.15) is 5.10 Å². The summed E-state index contributed by atoms with van der Waals surface area (Å²) in [6.07, 6.45) is 1.89. The van der Waals surface area contributed by atoms with Gasteiger partial charge in [-0.3, -0.25) is 9.48 Å². The first-order valence-corrected chi connectivity index (χ1v) is 8.42. The monoisotopic (exact) mass is 330 g/mol. The molecule has 2 heterocycles. The van der Waals surface area contributed by atoms with Crippen molar-refractivity contribution in [3.05, 3.63) is 47.5 Å². The molecular formula is C18H23FN4O. The fraction of sp³-hybridized carbons (Fsp3) is 0.444. The van der Waals surface area contributed by atoms with Gasteiger partial charge in [0.2, 0.25) is 0 Å². The van der Waals surface area contributed by atoms with Gasteiger partial charge in [0.1, 0.15) is 11.5 Å². The highest BCUT2D eigenvalue weighted by molar-refractivity contribution is 5.93. The standard InChI is InChI=1S/C18H23FN4O/c1-3-23-17(10-13(2)21-23)18(24)20-15-7-5-9-22(12-15)16-8-4-6-14(19)11-16/h4,6,8,10-11,15H,3,5,7,9,12H2,1-2H3,(H,20,24)/t15-/m0/s1. The Morgan fingerprint density at radius 3 is 3.00 bits per heavy atom. The largest absolute Gasteiger partial charge is 0.369 e. The number of anilines is 1. The van der Waals surface area contributed by atoms with Crippen LogP contribution < -0.4 is 10.2 Å². The fourth-order valence-corrected chi connectivity index (χ4v) is 3.23. The Labute approximate surface area is 141 Å². The number of hydrogen-bond acceptors (Lipinski definition) is 3. The van der Waals surface area contributed by atoms with E-state index >= 15 is 0 Å². The molecule has 0 saturated carbocycles. The van der Waals surface area contributed by atoms with Crippen molar-refractivity contribution in [1.29, 1.82) is 0 Å². The van der Waals surface area contributed by atoms with Crippen LogP contribution in [0.1, 0.15) is 35.9 Å². The lowest BCUT2D eigenvalue weighted by molar-refractivity contribution is 0.0922. The topological polar surface area (TPSA) is 50.2 Å². The lowest BCUT2D eigenvalue weighted by Gasteiger charge is -2.34. The second-order valence-electron chi connectivity index (χ2n) is 6.23. The molecule has 1 saturated heterocycles. The van der Waals surface area contributed by atoms with Gasteiger partial charge in [0.15, 0.2) is 0 Å². The van der Waals surface area contributed by atoms with E-state index in [1.165, 1.54) is 6.07 Å². The number of aromatic nitrogens is 2. The molecular weight excluding hydrogens is 307 g/mol. The van der Waals surface area contributed by atoms with Gasteiger partial charge in [0, 0.05) is 31.4 Å². The summed E-state index contributed by atoms with van der Waals surface area (Å²) in [4.78, 5) is 14.7. The van der Waals surface area contributed by atoms with Gasteiger partial charge in [-0.05, 0) is 51.0 Å². The molecule has 3 rings (SSSR count). The van der Waals surface area contributed by atoms with Crippen molar-refractivity contribution in [2.45, 2.75) is 39.3 Å². The molecule has 2 aromatic rings. The number of aryl methyl sites for hydroxylation is 2. The van der Waals surface area contributed by atoms with E-state index in [0.29, 0.717) is 18.8 Å². The summed E-state index contributed by atoms with van der Waals surface area (Å²) >= 11 is 0. The SMILES string of the molecule is CCn1nc(C)cc1C(=O)N[C@H]1CCCN(c2cccc(F)c2)C1. The van der Waals surface area contributed by atoms with Crippen LogP contribution in [0, 0.1) is 12.7 Å². The number of rotatable bonds is 4. The first-order valence-electron chi connectivity index (χ1n) is 8.42. The lowest BCUT2D eigenvalue weighted by atomic mass is 10.0. The molecule has 128 valence electrons. The average Bonchev–Trinajstić information content (AvgIpc) is 2.96. The van der Waals surface area contributed by atoms with Gasteiger partial charge in [-0.1, -0.05) is 6.07 Å². The van der Waals surface area contributed by atoms with Gasteiger partial charge in [0.05, 0.1) is 5.69 Å². The minimum atomic E-state index is -0.235. The molecule has 1 fully saturated rings. The number of nitrogens with zero attached hydrogens (tertiary/aromatic N) is 3. The van der Waals surface area contributed by atoms with Crippen molar-refractivity contribution in [2.24, 2.45) is 0 Å². The van der Waals surface area contributed by atoms with Crippen molar-refractivity contribution in [1.82, 2.24) is 15.1 Å². The molecule has 6 heteroatoms. The van der Waals surface area contributed by atoms with Gasteiger partial charge < -0.3 is 10.2 Å². The van der Waals surface area contributed by atoms with Gasteiger partial charge in [-0.15, -0.1) is 0 Å². The second kappa shape index (κ2) is 7.03. The molecule has 1 aromatic heterocycles. The van der Waals surface area contributed by atoms with Gasteiger partial charge in [-0.25, -0.2) is 4.39 Å². The average molecular weight is 330 g/mol. The Bertz CT molecular complexity index is 728. The number of piperidine rings is 1. The van der Waals surface area contributed by atoms with E-state index < -0.39 is 0 Å². The third-order valence-electron chi connectivity index (χ3n) is 4.36. The highest BCUT2D eigenvalue weighted by Gasteiger charge is 2.23. The molecule has 5 nitrogen and oxygen atoms in total. The number of amides is 1. The Morgan fingerprint density at radius 1 is 1.42 bits per heavy atom. The highest BCUT2D eigenvalue weighted by atomic mass is 19.1. The maximum absolute atomic E-state index is 13.4. The van der Waals surface area contributed by atoms with E-state index in [1.807, 2.05) is 26.0 Å². The van der Waals surface area contributed by atoms with E-state index in [0.717, 1.165) is 30.8 Å². The third kappa shape index (κ3) is 3.58. The highest BCUT2D eigenvalue weighted by Crippen LogP contribution is 2.21. The lowest BCUT2D eigenvalue weighted by Crippen LogP contribution is -2.48. The molecule has 1 N–H and O–H groups in total. The van der Waals surface area contributed by atoms with Crippen molar-refractivity contribution in [2.75, 3.05) is 18.0 Å². The second-order valence-corrected chi connectivity index (χ2v) is 6.23. The van der Waals surface area contributed by atoms with Crippen LogP contribution >= 0.6 is 0 Å². The normalized spacial score (nSPS) is 17.8. The minimum absolute atomic E-state index is 0.0510. The van der Waals surface area contributed by atoms with Crippen molar-refractivity contribution in [3.8, 4) is 0 Å². The van der Waals surface area contributed by atoms with Crippen LogP contribution in [0.5, 0.6) is 0 Å². The predicted molar refractivity (Wildman–Crippen MR) is 91.7 cm³/mol. The molecule has 0 unspecified atom stereocenters. The molecule has 1 amide bonds. The van der Waals surface area contributed by atoms with Crippen molar-refractivity contribution >= 4 is 11.6 Å². The third-order valence-corrected chi connectivity index (χ3v) is 4.36. The molecule has 24 heavy (non-hydrogen) atoms. The molecule has 1 aliphatic rings. The Hall–Kier alpha value is -2.37. The summed E-state index contributed by atoms with van der Waals surface area (Å²) in [5.74, 6) is -0.329. The van der Waals surface area contributed by atoms with Gasteiger partial charge in [0.25, 0.3) is 5.91 Å². The zero-order valence-electron chi connectivity index (χ0n) is 14.1. The summed E-state index contributed by atoms with van der Waals surface area (Å²) in [6, 6.07) is 8.47. The smallest absolute Gasteiger partial charge is 0.269 e. The summed E-state index contributed by atoms with van der Waals surface area (Å²) in [6.45, 7) is 6.08. The Kier molecular flexibility index (Phi) is 4.83. The van der Waals surface area contributed by atoms with E-state index in [9.17, 15) is 9.18 Å². The molecule has 1 aliphatic heterocycles. The zero-order chi connectivity index (χ0) is 17.1. The molecule has 0 aliphatic carbocycles. The Morgan fingerprint density at radius 2 is 2.25 bits per heavy atom. The summed E-state index contributed by atoms with van der Waals surface area (Å²) in [5, 5.41) is 7.42. The number of halogens is 1. The van der Waals surface area contributed by atoms with Crippen LogP contribution in [0.15, 0.2) is 30.3 Å². The molecule has 0 bridgehead atoms. The fourth-order valence-electron chi connectivity index (χ4n) is 3.23. The van der Waals surface area contributed by atoms with Crippen molar-refractivity contribution in [3.63, 3.8) is 0 Å². The number of carbonyl (C=O) groups is 1. The van der Waals surface area contributed by atoms with E-state index in [1.54, 1.807) is 16.8 Å². The molecule has 0 spiro atoms. The van der Waals surface area contributed by atoms with Crippen LogP contribution in [0.3, 0.4) is 0 Å². The number of benzene rings is 1. The molecule has 0 radical (unpaired) electrons. The van der Waals surface area contributed by atoms with Crippen LogP contribution in [0.4, 0.5) is 10.1 Å². The van der Waals surface area contributed by atoms with E-state index in [-0.39, 0.29) is 17.8 Å². The first kappa shape index (κ1) is 16.5. The maximum Gasteiger partial charge on any atom is 0.269 e. The summed E-state index contributed by atoms with van der Waals surface area (Å²) < 4.78 is 15.2. The summed E-state index contributed by atoms with van der Waals surface area (Å²) in [7, 11) is 0. The predicted octanol–water partition coefficient (Wildman–Crippen LogP) is 2.75. The van der Waals surface area contributed by atoms with Crippen LogP contribution in [-0.2, 0) is 6.54 Å². The van der Waals surface area contributed by atoms with Crippen LogP contribution in [0.25, 0.3) is 0 Å². The number of nitrogens with one attached hydrogen (secondary N) is 1.